The van der Waals surface area contributed by atoms with E-state index in [2.05, 4.69) is 133 Å². The average molecular weight is 772 g/mol. The minimum Gasteiger partial charge on any atom is -0.0622 e. The van der Waals surface area contributed by atoms with Crippen molar-refractivity contribution in [1.29, 1.82) is 0 Å². The van der Waals surface area contributed by atoms with Crippen molar-refractivity contribution < 1.29 is 21.1 Å². The fourth-order valence-electron chi connectivity index (χ4n) is 4.63. The molecule has 0 aliphatic heterocycles. The van der Waals surface area contributed by atoms with E-state index < -0.39 is 0 Å². The molecule has 0 bridgehead atoms. The van der Waals surface area contributed by atoms with Gasteiger partial charge in [-0.25, -0.2) is 0 Å². The van der Waals surface area contributed by atoms with Crippen LogP contribution in [0, 0.1) is 11.8 Å². The van der Waals surface area contributed by atoms with Crippen molar-refractivity contribution in [2.24, 2.45) is 0 Å². The molecule has 6 rings (SSSR count). The number of hydrogen-bond acceptors (Lipinski definition) is 0. The second-order valence-corrected chi connectivity index (χ2v) is 14.3. The first-order chi connectivity index (χ1) is 20.9. The molecule has 0 heterocycles. The Morgan fingerprint density at radius 2 is 0.512 bits per heavy atom. The van der Waals surface area contributed by atoms with Gasteiger partial charge in [-0.15, -0.1) is 0 Å². The number of hydrogen-bond donors (Lipinski definition) is 0. The van der Waals surface area contributed by atoms with Gasteiger partial charge < -0.3 is 0 Å². The predicted molar refractivity (Wildman–Crippen MR) is 187 cm³/mol. The summed E-state index contributed by atoms with van der Waals surface area (Å²) in [6.07, 6.45) is 2.41. The van der Waals surface area contributed by atoms with E-state index in [4.69, 9.17) is 0 Å². The zero-order valence-electron chi connectivity index (χ0n) is 23.9. The van der Waals surface area contributed by atoms with Gasteiger partial charge in [0.15, 0.2) is 0 Å². The number of benzene rings is 6. The third-order valence-corrected chi connectivity index (χ3v) is 12.1. The molecule has 6 aromatic carbocycles. The Balaban J connectivity index is 0.000000238. The Bertz CT molecular complexity index is 1440. The van der Waals surface area contributed by atoms with Crippen LogP contribution in [-0.4, -0.2) is 12.3 Å². The molecule has 0 unspecified atom stereocenters. The molecule has 0 atom stereocenters. The van der Waals surface area contributed by atoms with Crippen LogP contribution in [-0.2, 0) is 21.1 Å². The molecule has 214 valence electrons. The van der Waals surface area contributed by atoms with E-state index in [-0.39, 0.29) is 36.9 Å². The fourth-order valence-corrected chi connectivity index (χ4v) is 9.99. The molecule has 0 saturated carbocycles. The molecule has 0 aromatic heterocycles. The molecule has 0 N–H and O–H groups in total. The summed E-state index contributed by atoms with van der Waals surface area (Å²) in [4.78, 5) is 0. The molecular formula is C40H34P2Pt. The van der Waals surface area contributed by atoms with E-state index in [0.29, 0.717) is 0 Å². The fraction of sp³-hybridized carbons (Fsp3) is 0.0500. The van der Waals surface area contributed by atoms with Crippen molar-refractivity contribution in [3.05, 3.63) is 193 Å². The molecule has 0 radical (unpaired) electrons. The SMILES string of the molecule is C(#Cc1ccccc1)c1ccccc1.[Pt].c1ccc(P(CCP(c2ccccc2)c2ccccc2)c2ccccc2)cc1. The Labute approximate surface area is 274 Å². The van der Waals surface area contributed by atoms with Gasteiger partial charge in [0.1, 0.15) is 0 Å². The van der Waals surface area contributed by atoms with Gasteiger partial charge in [0.25, 0.3) is 0 Å². The van der Waals surface area contributed by atoms with E-state index >= 15 is 0 Å². The molecular weight excluding hydrogens is 737 g/mol. The van der Waals surface area contributed by atoms with Gasteiger partial charge >= 0.3 is 0 Å². The smallest absolute Gasteiger partial charge is 0.0249 e. The summed E-state index contributed by atoms with van der Waals surface area (Å²) < 4.78 is 0. The summed E-state index contributed by atoms with van der Waals surface area (Å²) in [5.41, 5.74) is 2.10. The summed E-state index contributed by atoms with van der Waals surface area (Å²) in [5.74, 6) is 6.22. The molecule has 0 nitrogen and oxygen atoms in total. The third-order valence-electron chi connectivity index (χ3n) is 6.72. The largest absolute Gasteiger partial charge is 0.0622 e. The second kappa shape index (κ2) is 18.2. The summed E-state index contributed by atoms with van der Waals surface area (Å²) >= 11 is 0. The molecule has 0 fully saturated rings. The summed E-state index contributed by atoms with van der Waals surface area (Å²) in [5, 5.41) is 5.89. The van der Waals surface area contributed by atoms with Crippen LogP contribution < -0.4 is 21.2 Å². The normalized spacial score (nSPS) is 10.1. The Morgan fingerprint density at radius 3 is 0.744 bits per heavy atom. The molecule has 0 aliphatic carbocycles. The Morgan fingerprint density at radius 1 is 0.302 bits per heavy atom. The molecule has 0 saturated heterocycles. The molecule has 0 spiro atoms. The van der Waals surface area contributed by atoms with E-state index in [1.807, 2.05) is 60.7 Å². The van der Waals surface area contributed by atoms with Crippen molar-refractivity contribution in [2.45, 2.75) is 0 Å². The van der Waals surface area contributed by atoms with Crippen molar-refractivity contribution >= 4 is 37.1 Å². The Kier molecular flexibility index (Phi) is 13.7. The van der Waals surface area contributed by atoms with Gasteiger partial charge in [0, 0.05) is 32.2 Å². The van der Waals surface area contributed by atoms with Gasteiger partial charge in [-0.2, -0.15) is 0 Å². The van der Waals surface area contributed by atoms with Gasteiger partial charge in [-0.1, -0.05) is 170 Å². The zero-order chi connectivity index (χ0) is 28.7. The monoisotopic (exact) mass is 771 g/mol. The molecule has 6 aromatic rings. The first-order valence-electron chi connectivity index (χ1n) is 14.2. The molecule has 0 aliphatic rings. The third kappa shape index (κ3) is 10.3. The van der Waals surface area contributed by atoms with Crippen LogP contribution in [0.5, 0.6) is 0 Å². The van der Waals surface area contributed by atoms with Crippen LogP contribution in [0.1, 0.15) is 11.1 Å². The van der Waals surface area contributed by atoms with Gasteiger partial charge in [-0.05, 0) is 73.7 Å². The van der Waals surface area contributed by atoms with E-state index in [9.17, 15) is 0 Å². The molecule has 0 amide bonds. The Hall–Kier alpha value is -3.57. The van der Waals surface area contributed by atoms with Crippen LogP contribution in [0.3, 0.4) is 0 Å². The van der Waals surface area contributed by atoms with Crippen LogP contribution in [0.4, 0.5) is 0 Å². The van der Waals surface area contributed by atoms with Crippen LogP contribution in [0.25, 0.3) is 0 Å². The summed E-state index contributed by atoms with van der Waals surface area (Å²) in [6, 6.07) is 64.2. The number of rotatable bonds is 7. The first-order valence-corrected chi connectivity index (χ1v) is 17.3. The van der Waals surface area contributed by atoms with Gasteiger partial charge in [0.2, 0.25) is 0 Å². The minimum atomic E-state index is -0.348. The predicted octanol–water partition coefficient (Wildman–Crippen LogP) is 8.34. The van der Waals surface area contributed by atoms with Gasteiger partial charge in [-0.3, -0.25) is 0 Å². The second-order valence-electron chi connectivity index (χ2n) is 9.63. The van der Waals surface area contributed by atoms with Crippen LogP contribution in [0.15, 0.2) is 182 Å². The van der Waals surface area contributed by atoms with E-state index in [0.717, 1.165) is 11.1 Å². The van der Waals surface area contributed by atoms with Crippen molar-refractivity contribution in [3.8, 4) is 11.8 Å². The summed E-state index contributed by atoms with van der Waals surface area (Å²) in [7, 11) is -0.696. The van der Waals surface area contributed by atoms with Crippen molar-refractivity contribution in [3.63, 3.8) is 0 Å². The van der Waals surface area contributed by atoms with Crippen molar-refractivity contribution in [2.75, 3.05) is 12.3 Å². The first kappa shape index (κ1) is 32.3. The zero-order valence-corrected chi connectivity index (χ0v) is 28.0. The van der Waals surface area contributed by atoms with Crippen LogP contribution in [0.2, 0.25) is 0 Å². The maximum atomic E-state index is 3.11. The average Bonchev–Trinajstić information content (AvgIpc) is 3.09. The molecule has 43 heavy (non-hydrogen) atoms. The van der Waals surface area contributed by atoms with Crippen LogP contribution >= 0.6 is 15.8 Å². The maximum Gasteiger partial charge on any atom is 0.0249 e. The topological polar surface area (TPSA) is 0 Å². The summed E-state index contributed by atoms with van der Waals surface area (Å²) in [6.45, 7) is 0. The standard InChI is InChI=1S/C26H24P2.C14H10.Pt/c1-5-13-23(14-6-1)27(24-15-7-2-8-16-24)21-22-28(25-17-9-3-10-18-25)26-19-11-4-12-20-26;1-3-7-13(8-4-1)11-12-14-9-5-2-6-10-14;/h1-20H,21-22H2;1-10H;. The minimum absolute atomic E-state index is 0. The van der Waals surface area contributed by atoms with E-state index in [1.165, 1.54) is 33.5 Å². The quantitative estimate of drug-likeness (QED) is 0.113. The maximum absolute atomic E-state index is 3.11. The van der Waals surface area contributed by atoms with Crippen molar-refractivity contribution in [1.82, 2.24) is 0 Å². The molecule has 3 heteroatoms. The van der Waals surface area contributed by atoms with E-state index in [1.54, 1.807) is 0 Å². The van der Waals surface area contributed by atoms with Gasteiger partial charge in [0.05, 0.1) is 0 Å².